The number of ether oxygens (including phenoxy) is 2. The molecule has 3 heterocycles. The van der Waals surface area contributed by atoms with E-state index in [9.17, 15) is 15.0 Å². The number of carboxylic acid groups (broad SMARTS) is 1. The van der Waals surface area contributed by atoms with E-state index in [2.05, 4.69) is 16.6 Å². The number of hydrogen-bond donors (Lipinski definition) is 3. The van der Waals surface area contributed by atoms with Crippen molar-refractivity contribution in [2.24, 2.45) is 5.41 Å². The van der Waals surface area contributed by atoms with Crippen LogP contribution in [0.2, 0.25) is 0 Å². The molecule has 0 unspecified atom stereocenters. The first kappa shape index (κ1) is 19.4. The van der Waals surface area contributed by atoms with Crippen molar-refractivity contribution < 1.29 is 24.5 Å². The third kappa shape index (κ3) is 3.24. The molecule has 0 spiro atoms. The number of benzene rings is 1. The van der Waals surface area contributed by atoms with Gasteiger partial charge in [0.15, 0.2) is 0 Å². The van der Waals surface area contributed by atoms with Crippen LogP contribution < -0.4 is 10.1 Å². The standard InChI is InChI=1S/C22H27N3O5/c1-21(20(27)28)7-6-17-18(24-21)5-4-16(14-8-23-25(9-14)15-2-3-15)19(17)30-13-22(10-26)11-29-12-22/h4-5,8-9,15,24,26H,2-3,6-7,10-13H2,1H3,(H,27,28)/t21-/m0/s1. The van der Waals surface area contributed by atoms with Crippen molar-refractivity contribution in [3.8, 4) is 16.9 Å². The lowest BCUT2D eigenvalue weighted by Crippen LogP contribution is -2.50. The highest BCUT2D eigenvalue weighted by atomic mass is 16.5. The summed E-state index contributed by atoms with van der Waals surface area (Å²) in [6.07, 6.45) is 7.28. The number of anilines is 1. The molecule has 2 aliphatic heterocycles. The number of fused-ring (bicyclic) bond motifs is 1. The van der Waals surface area contributed by atoms with E-state index in [1.807, 2.05) is 23.0 Å². The van der Waals surface area contributed by atoms with Crippen molar-refractivity contribution >= 4 is 11.7 Å². The van der Waals surface area contributed by atoms with E-state index < -0.39 is 11.5 Å². The average molecular weight is 413 g/mol. The van der Waals surface area contributed by atoms with E-state index in [0.717, 1.165) is 41.0 Å². The van der Waals surface area contributed by atoms with Gasteiger partial charge in [-0.05, 0) is 44.7 Å². The second kappa shape index (κ2) is 6.99. The molecule has 1 saturated heterocycles. The zero-order valence-electron chi connectivity index (χ0n) is 17.1. The first-order valence-electron chi connectivity index (χ1n) is 10.5. The van der Waals surface area contributed by atoms with Gasteiger partial charge in [-0.3, -0.25) is 4.68 Å². The van der Waals surface area contributed by atoms with Gasteiger partial charge in [0.2, 0.25) is 0 Å². The largest absolute Gasteiger partial charge is 0.492 e. The normalized spacial score (nSPS) is 24.5. The summed E-state index contributed by atoms with van der Waals surface area (Å²) in [4.78, 5) is 11.7. The SMILES string of the molecule is C[C@@]1(C(=O)O)CCc2c(ccc(-c3cnn(C4CC4)c3)c2OCC2(CO)COC2)N1. The molecule has 2 aromatic rings. The van der Waals surface area contributed by atoms with E-state index >= 15 is 0 Å². The predicted octanol–water partition coefficient (Wildman–Crippen LogP) is 2.47. The molecule has 0 radical (unpaired) electrons. The van der Waals surface area contributed by atoms with Crippen LogP contribution >= 0.6 is 0 Å². The molecule has 1 saturated carbocycles. The number of rotatable bonds is 7. The highest BCUT2D eigenvalue weighted by Crippen LogP contribution is 2.44. The van der Waals surface area contributed by atoms with Gasteiger partial charge in [-0.15, -0.1) is 0 Å². The summed E-state index contributed by atoms with van der Waals surface area (Å²) in [5.74, 6) is -0.126. The number of nitrogens with zero attached hydrogens (tertiary/aromatic N) is 2. The van der Waals surface area contributed by atoms with Crippen molar-refractivity contribution in [2.75, 3.05) is 31.7 Å². The summed E-state index contributed by atoms with van der Waals surface area (Å²) < 4.78 is 13.6. The van der Waals surface area contributed by atoms with Crippen LogP contribution in [0.3, 0.4) is 0 Å². The molecule has 3 aliphatic rings. The van der Waals surface area contributed by atoms with Crippen molar-refractivity contribution in [3.63, 3.8) is 0 Å². The fraction of sp³-hybridized carbons (Fsp3) is 0.545. The number of carbonyl (C=O) groups is 1. The van der Waals surface area contributed by atoms with Gasteiger partial charge >= 0.3 is 5.97 Å². The molecule has 1 aliphatic carbocycles. The first-order valence-corrected chi connectivity index (χ1v) is 10.5. The summed E-state index contributed by atoms with van der Waals surface area (Å²) >= 11 is 0. The Morgan fingerprint density at radius 1 is 1.40 bits per heavy atom. The third-order valence-electron chi connectivity index (χ3n) is 6.53. The van der Waals surface area contributed by atoms with Crippen LogP contribution in [0.5, 0.6) is 5.75 Å². The molecule has 2 fully saturated rings. The Bertz CT molecular complexity index is 974. The fourth-order valence-corrected chi connectivity index (χ4v) is 4.13. The molecule has 1 aromatic heterocycles. The molecule has 3 N–H and O–H groups in total. The van der Waals surface area contributed by atoms with Crippen LogP contribution in [0.15, 0.2) is 24.5 Å². The zero-order valence-corrected chi connectivity index (χ0v) is 17.1. The van der Waals surface area contributed by atoms with Crippen molar-refractivity contribution in [1.29, 1.82) is 0 Å². The average Bonchev–Trinajstić information content (AvgIpc) is 3.44. The molecule has 1 atom stereocenters. The minimum absolute atomic E-state index is 0.00626. The first-order chi connectivity index (χ1) is 14.4. The number of aliphatic hydroxyl groups is 1. The Morgan fingerprint density at radius 3 is 2.83 bits per heavy atom. The number of carboxylic acids is 1. The summed E-state index contributed by atoms with van der Waals surface area (Å²) in [6, 6.07) is 4.38. The summed E-state index contributed by atoms with van der Waals surface area (Å²) in [5, 5.41) is 27.1. The smallest absolute Gasteiger partial charge is 0.329 e. The van der Waals surface area contributed by atoms with Gasteiger partial charge < -0.3 is 25.0 Å². The Balaban J connectivity index is 1.52. The van der Waals surface area contributed by atoms with Gasteiger partial charge in [0, 0.05) is 28.6 Å². The number of hydrogen-bond acceptors (Lipinski definition) is 6. The van der Waals surface area contributed by atoms with Crippen molar-refractivity contribution in [2.45, 2.75) is 44.2 Å². The van der Waals surface area contributed by atoms with E-state index in [0.29, 0.717) is 38.7 Å². The maximum Gasteiger partial charge on any atom is 0.329 e. The molecular weight excluding hydrogens is 386 g/mol. The Labute approximate surface area is 174 Å². The third-order valence-corrected chi connectivity index (χ3v) is 6.53. The number of aromatic nitrogens is 2. The summed E-state index contributed by atoms with van der Waals surface area (Å²) in [7, 11) is 0. The van der Waals surface area contributed by atoms with Gasteiger partial charge in [0.25, 0.3) is 0 Å². The predicted molar refractivity (Wildman–Crippen MR) is 110 cm³/mol. The van der Waals surface area contributed by atoms with Crippen LogP contribution in [-0.2, 0) is 16.0 Å². The summed E-state index contributed by atoms with van der Waals surface area (Å²) in [6.45, 7) is 3.01. The number of aliphatic carboxylic acids is 1. The minimum Gasteiger partial charge on any atom is -0.492 e. The van der Waals surface area contributed by atoms with Crippen molar-refractivity contribution in [1.82, 2.24) is 9.78 Å². The molecule has 30 heavy (non-hydrogen) atoms. The summed E-state index contributed by atoms with van der Waals surface area (Å²) in [5.41, 5.74) is 2.29. The molecule has 0 bridgehead atoms. The number of aliphatic hydroxyl groups excluding tert-OH is 1. The van der Waals surface area contributed by atoms with Crippen LogP contribution in [0.4, 0.5) is 5.69 Å². The van der Waals surface area contributed by atoms with Crippen LogP contribution in [0.1, 0.15) is 37.8 Å². The zero-order chi connectivity index (χ0) is 20.9. The Morgan fingerprint density at radius 2 is 2.20 bits per heavy atom. The topological polar surface area (TPSA) is 106 Å². The minimum atomic E-state index is -1.00. The maximum atomic E-state index is 11.7. The maximum absolute atomic E-state index is 11.7. The van der Waals surface area contributed by atoms with E-state index in [4.69, 9.17) is 9.47 Å². The van der Waals surface area contributed by atoms with E-state index in [1.165, 1.54) is 0 Å². The second-order valence-corrected chi connectivity index (χ2v) is 9.11. The van der Waals surface area contributed by atoms with Gasteiger partial charge in [0.1, 0.15) is 17.9 Å². The number of nitrogens with one attached hydrogen (secondary N) is 1. The quantitative estimate of drug-likeness (QED) is 0.640. The Hall–Kier alpha value is -2.58. The molecule has 8 nitrogen and oxygen atoms in total. The lowest BCUT2D eigenvalue weighted by molar-refractivity contribution is -0.153. The molecular formula is C22H27N3O5. The molecule has 8 heteroatoms. The lowest BCUT2D eigenvalue weighted by atomic mass is 9.85. The second-order valence-electron chi connectivity index (χ2n) is 9.11. The highest BCUT2D eigenvalue weighted by molar-refractivity contribution is 5.86. The van der Waals surface area contributed by atoms with E-state index in [-0.39, 0.29) is 12.0 Å². The van der Waals surface area contributed by atoms with Gasteiger partial charge in [-0.2, -0.15) is 5.10 Å². The van der Waals surface area contributed by atoms with Crippen LogP contribution in [-0.4, -0.2) is 57.9 Å². The molecule has 5 rings (SSSR count). The van der Waals surface area contributed by atoms with Crippen LogP contribution in [0, 0.1) is 5.41 Å². The molecule has 0 amide bonds. The van der Waals surface area contributed by atoms with Crippen LogP contribution in [0.25, 0.3) is 11.1 Å². The molecule has 1 aromatic carbocycles. The van der Waals surface area contributed by atoms with Gasteiger partial charge in [-0.25, -0.2) is 4.79 Å². The van der Waals surface area contributed by atoms with Gasteiger partial charge in [0.05, 0.1) is 37.5 Å². The molecule has 160 valence electrons. The van der Waals surface area contributed by atoms with E-state index in [1.54, 1.807) is 6.92 Å². The fourth-order valence-electron chi connectivity index (χ4n) is 4.13. The Kier molecular flexibility index (Phi) is 4.52. The van der Waals surface area contributed by atoms with Gasteiger partial charge in [-0.1, -0.05) is 0 Å². The lowest BCUT2D eigenvalue weighted by Gasteiger charge is -2.40. The monoisotopic (exact) mass is 413 g/mol. The highest BCUT2D eigenvalue weighted by Gasteiger charge is 2.41. The van der Waals surface area contributed by atoms with Crippen molar-refractivity contribution in [3.05, 3.63) is 30.1 Å².